The zero-order chi connectivity index (χ0) is 24.3. The van der Waals surface area contributed by atoms with Crippen molar-refractivity contribution >= 4 is 27.3 Å². The van der Waals surface area contributed by atoms with E-state index in [1.54, 1.807) is 54.6 Å². The Balaban J connectivity index is 1.63. The fraction of sp³-hybridized carbons (Fsp3) is 0.208. The van der Waals surface area contributed by atoms with E-state index in [2.05, 4.69) is 5.32 Å². The van der Waals surface area contributed by atoms with Crippen LogP contribution in [0.1, 0.15) is 0 Å². The van der Waals surface area contributed by atoms with E-state index in [1.165, 1.54) is 37.8 Å². The van der Waals surface area contributed by atoms with Gasteiger partial charge in [-0.1, -0.05) is 12.1 Å². The summed E-state index contributed by atoms with van der Waals surface area (Å²) in [5.74, 6) is 1.28. The Labute approximate surface area is 197 Å². The highest BCUT2D eigenvalue weighted by atomic mass is 32.2. The maximum absolute atomic E-state index is 13.5. The molecule has 1 heterocycles. The van der Waals surface area contributed by atoms with Gasteiger partial charge in [0, 0.05) is 11.8 Å². The van der Waals surface area contributed by atoms with Crippen molar-refractivity contribution in [2.75, 3.05) is 37.5 Å². The Morgan fingerprint density at radius 2 is 1.65 bits per heavy atom. The molecule has 1 aliphatic rings. The predicted octanol–water partition coefficient (Wildman–Crippen LogP) is 3.31. The van der Waals surface area contributed by atoms with Gasteiger partial charge in [0.25, 0.3) is 15.9 Å². The van der Waals surface area contributed by atoms with Gasteiger partial charge < -0.3 is 24.3 Å². The lowest BCUT2D eigenvalue weighted by molar-refractivity contribution is -0.122. The number of sulfonamides is 1. The van der Waals surface area contributed by atoms with Crippen molar-refractivity contribution in [2.45, 2.75) is 11.0 Å². The van der Waals surface area contributed by atoms with Crippen molar-refractivity contribution in [3.8, 4) is 23.0 Å². The number of methoxy groups -OCH3 is 3. The van der Waals surface area contributed by atoms with Gasteiger partial charge in [-0.2, -0.15) is 0 Å². The molecule has 0 fully saturated rings. The fourth-order valence-corrected chi connectivity index (χ4v) is 5.05. The summed E-state index contributed by atoms with van der Waals surface area (Å²) in [4.78, 5) is 13.2. The maximum atomic E-state index is 13.5. The monoisotopic (exact) mass is 484 g/mol. The van der Waals surface area contributed by atoms with E-state index >= 15 is 0 Å². The molecule has 4 rings (SSSR count). The van der Waals surface area contributed by atoms with Crippen molar-refractivity contribution in [3.63, 3.8) is 0 Å². The van der Waals surface area contributed by atoms with Gasteiger partial charge >= 0.3 is 0 Å². The highest BCUT2D eigenvalue weighted by Crippen LogP contribution is 2.37. The third-order valence-corrected chi connectivity index (χ3v) is 7.12. The second-order valence-corrected chi connectivity index (χ2v) is 9.21. The Morgan fingerprint density at radius 1 is 0.941 bits per heavy atom. The molecule has 1 amide bonds. The van der Waals surface area contributed by atoms with Crippen molar-refractivity contribution in [1.82, 2.24) is 0 Å². The molecule has 0 saturated carbocycles. The van der Waals surface area contributed by atoms with E-state index in [1.807, 2.05) is 0 Å². The van der Waals surface area contributed by atoms with Gasteiger partial charge in [-0.3, -0.25) is 9.10 Å². The molecular weight excluding hydrogens is 460 g/mol. The van der Waals surface area contributed by atoms with E-state index in [0.717, 1.165) is 0 Å². The molecule has 0 aromatic heterocycles. The van der Waals surface area contributed by atoms with Crippen LogP contribution in [0.25, 0.3) is 0 Å². The van der Waals surface area contributed by atoms with Crippen molar-refractivity contribution in [2.24, 2.45) is 0 Å². The third kappa shape index (κ3) is 4.44. The minimum atomic E-state index is -3.98. The molecule has 1 atom stereocenters. The topological polar surface area (TPSA) is 103 Å². The van der Waals surface area contributed by atoms with E-state index in [9.17, 15) is 13.2 Å². The van der Waals surface area contributed by atoms with Crippen LogP contribution in [-0.4, -0.2) is 48.3 Å². The molecule has 1 unspecified atom stereocenters. The summed E-state index contributed by atoms with van der Waals surface area (Å²) >= 11 is 0. The lowest BCUT2D eigenvalue weighted by atomic mass is 10.2. The average molecular weight is 485 g/mol. The van der Waals surface area contributed by atoms with E-state index < -0.39 is 22.0 Å². The Hall–Kier alpha value is -3.92. The first-order valence-corrected chi connectivity index (χ1v) is 11.8. The predicted molar refractivity (Wildman–Crippen MR) is 127 cm³/mol. The molecule has 0 radical (unpaired) electrons. The number of hydrogen-bond acceptors (Lipinski definition) is 7. The summed E-state index contributed by atoms with van der Waals surface area (Å²) in [5.41, 5.74) is 0.808. The molecule has 178 valence electrons. The summed E-state index contributed by atoms with van der Waals surface area (Å²) in [7, 11) is 0.533. The van der Waals surface area contributed by atoms with Crippen LogP contribution in [0, 0.1) is 0 Å². The first kappa shape index (κ1) is 23.2. The van der Waals surface area contributed by atoms with Crippen LogP contribution in [0.15, 0.2) is 71.6 Å². The van der Waals surface area contributed by atoms with Gasteiger partial charge in [0.15, 0.2) is 17.6 Å². The molecule has 1 aliphatic heterocycles. The smallest absolute Gasteiger partial charge is 0.267 e. The molecule has 0 saturated heterocycles. The van der Waals surface area contributed by atoms with Crippen molar-refractivity contribution in [3.05, 3.63) is 66.7 Å². The first-order valence-electron chi connectivity index (χ1n) is 10.3. The van der Waals surface area contributed by atoms with Crippen molar-refractivity contribution in [1.29, 1.82) is 0 Å². The van der Waals surface area contributed by atoms with Gasteiger partial charge in [0.05, 0.1) is 38.5 Å². The molecular formula is C24H24N2O7S. The highest BCUT2D eigenvalue weighted by molar-refractivity contribution is 7.92. The quantitative estimate of drug-likeness (QED) is 0.549. The Morgan fingerprint density at radius 3 is 2.32 bits per heavy atom. The van der Waals surface area contributed by atoms with Gasteiger partial charge in [0.2, 0.25) is 0 Å². The zero-order valence-corrected chi connectivity index (χ0v) is 19.7. The standard InChI is InChI=1S/C24H24N2O7S/c1-30-17-9-11-18(12-10-17)34(28,29)26-15-23(33-20-7-5-4-6-19(20)26)24(27)25-16-8-13-21(31-2)22(14-16)32-3/h4-14,23H,15H2,1-3H3,(H,25,27). The molecule has 9 nitrogen and oxygen atoms in total. The number of rotatable bonds is 7. The molecule has 0 spiro atoms. The van der Waals surface area contributed by atoms with E-state index in [0.29, 0.717) is 34.4 Å². The molecule has 1 N–H and O–H groups in total. The lowest BCUT2D eigenvalue weighted by Crippen LogP contribution is -2.48. The number of nitrogens with zero attached hydrogens (tertiary/aromatic N) is 1. The van der Waals surface area contributed by atoms with Gasteiger partial charge in [0.1, 0.15) is 11.5 Å². The number of anilines is 2. The number of carbonyl (C=O) groups excluding carboxylic acids is 1. The maximum Gasteiger partial charge on any atom is 0.267 e. The molecule has 3 aromatic rings. The van der Waals surface area contributed by atoms with Gasteiger partial charge in [-0.25, -0.2) is 8.42 Å². The third-order valence-electron chi connectivity index (χ3n) is 5.33. The second-order valence-electron chi connectivity index (χ2n) is 7.34. The number of hydrogen-bond donors (Lipinski definition) is 1. The van der Waals surface area contributed by atoms with Crippen LogP contribution in [0.3, 0.4) is 0 Å². The summed E-state index contributed by atoms with van der Waals surface area (Å²) in [6, 6.07) is 17.7. The van der Waals surface area contributed by atoms with Crippen molar-refractivity contribution < 1.29 is 32.2 Å². The van der Waals surface area contributed by atoms with Gasteiger partial charge in [-0.15, -0.1) is 0 Å². The fourth-order valence-electron chi connectivity index (χ4n) is 3.58. The second kappa shape index (κ2) is 9.52. The van der Waals surface area contributed by atoms with Crippen LogP contribution < -0.4 is 28.6 Å². The number of amides is 1. The summed E-state index contributed by atoms with van der Waals surface area (Å²) < 4.78 is 49.7. The minimum Gasteiger partial charge on any atom is -0.497 e. The summed E-state index contributed by atoms with van der Waals surface area (Å²) in [6.45, 7) is -0.204. The number of benzene rings is 3. The van der Waals surface area contributed by atoms with Gasteiger partial charge in [-0.05, 0) is 48.5 Å². The van der Waals surface area contributed by atoms with E-state index in [4.69, 9.17) is 18.9 Å². The molecule has 3 aromatic carbocycles. The van der Waals surface area contributed by atoms with Crippen LogP contribution >= 0.6 is 0 Å². The largest absolute Gasteiger partial charge is 0.497 e. The minimum absolute atomic E-state index is 0.0732. The van der Waals surface area contributed by atoms with Crippen LogP contribution in [0.5, 0.6) is 23.0 Å². The number of fused-ring (bicyclic) bond motifs is 1. The molecule has 0 bridgehead atoms. The number of para-hydroxylation sites is 2. The van der Waals surface area contributed by atoms with Crippen LogP contribution in [0.4, 0.5) is 11.4 Å². The summed E-state index contributed by atoms with van der Waals surface area (Å²) in [5, 5.41) is 2.76. The average Bonchev–Trinajstić information content (AvgIpc) is 2.87. The van der Waals surface area contributed by atoms with Crippen LogP contribution in [-0.2, 0) is 14.8 Å². The molecule has 34 heavy (non-hydrogen) atoms. The van der Waals surface area contributed by atoms with E-state index in [-0.39, 0.29) is 11.4 Å². The normalized spacial score (nSPS) is 15.0. The number of carbonyl (C=O) groups is 1. The SMILES string of the molecule is COc1ccc(S(=O)(=O)N2CC(C(=O)Nc3ccc(OC)c(OC)c3)Oc3ccccc32)cc1. The molecule has 10 heteroatoms. The first-order chi connectivity index (χ1) is 16.4. The number of nitrogens with one attached hydrogen (secondary N) is 1. The zero-order valence-electron chi connectivity index (χ0n) is 18.8. The highest BCUT2D eigenvalue weighted by Gasteiger charge is 2.37. The molecule has 0 aliphatic carbocycles. The lowest BCUT2D eigenvalue weighted by Gasteiger charge is -2.34. The van der Waals surface area contributed by atoms with Crippen LogP contribution in [0.2, 0.25) is 0 Å². The Kier molecular flexibility index (Phi) is 6.51. The summed E-state index contributed by atoms with van der Waals surface area (Å²) in [6.07, 6.45) is -1.09. The Bertz CT molecular complexity index is 1290. The number of ether oxygens (including phenoxy) is 4.